The number of aromatic nitrogens is 2. The molecule has 2 aliphatic heterocycles. The van der Waals surface area contributed by atoms with Crippen LogP contribution in [0.1, 0.15) is 206 Å². The third kappa shape index (κ3) is 11.3. The van der Waals surface area contributed by atoms with Crippen LogP contribution in [0.15, 0.2) is 170 Å². The standard InChI is InChI=1S/C86H99BN4/c1-14-18-22-34-58-50-62(84(5,6)7)51-59(35-23-19-15-2)82(58)90-77-56-65(88-73-42-30-26-38-67(73)68-39-27-31-43-74(68)88)46-48-71(77)87-72-49-47-66(89-75-44-32-28-40-69(75)70-41-29-33-45-76(70)89)57-78(72)91(80-55-64(86(11,12)13)54-79(90)81(80)87)83-60(36-24-20-16-3)52-63(85(8,9)10)53-61(83)37-25-21-17-4/h26-33,38-57H,14-25,34-37H2,1-13H3. The summed E-state index contributed by atoms with van der Waals surface area (Å²) in [5.74, 6) is 0. The van der Waals surface area contributed by atoms with Crippen molar-refractivity contribution in [3.8, 4) is 11.4 Å². The minimum absolute atomic E-state index is 0.0219. The molecule has 5 heteroatoms. The van der Waals surface area contributed by atoms with Crippen molar-refractivity contribution in [1.29, 1.82) is 0 Å². The van der Waals surface area contributed by atoms with Gasteiger partial charge in [0, 0.05) is 55.7 Å². The van der Waals surface area contributed by atoms with Crippen LogP contribution in [-0.2, 0) is 41.9 Å². The van der Waals surface area contributed by atoms with Gasteiger partial charge in [0.05, 0.1) is 33.4 Å². The molecule has 2 aliphatic rings. The van der Waals surface area contributed by atoms with Gasteiger partial charge in [-0.05, 0) is 184 Å². The van der Waals surface area contributed by atoms with Gasteiger partial charge in [-0.2, -0.15) is 0 Å². The monoisotopic (exact) mass is 1200 g/mol. The van der Waals surface area contributed by atoms with Gasteiger partial charge in [-0.15, -0.1) is 0 Å². The minimum atomic E-state index is -0.192. The molecule has 0 fully saturated rings. The first kappa shape index (κ1) is 62.1. The third-order valence-corrected chi connectivity index (χ3v) is 20.5. The molecule has 11 aromatic rings. The van der Waals surface area contributed by atoms with Crippen molar-refractivity contribution in [2.75, 3.05) is 9.80 Å². The number of unbranched alkanes of at least 4 members (excludes halogenated alkanes) is 8. The maximum atomic E-state index is 2.87. The van der Waals surface area contributed by atoms with Gasteiger partial charge in [0.15, 0.2) is 0 Å². The van der Waals surface area contributed by atoms with Gasteiger partial charge in [-0.25, -0.2) is 0 Å². The number of hydrogen-bond donors (Lipinski definition) is 0. The number of hydrogen-bond acceptors (Lipinski definition) is 2. The molecular formula is C86H99BN4. The number of para-hydroxylation sites is 4. The van der Waals surface area contributed by atoms with Gasteiger partial charge in [-0.1, -0.05) is 251 Å². The van der Waals surface area contributed by atoms with Crippen LogP contribution < -0.4 is 26.2 Å². The van der Waals surface area contributed by atoms with E-state index < -0.39 is 0 Å². The average molecular weight is 1200 g/mol. The van der Waals surface area contributed by atoms with E-state index in [2.05, 4.69) is 279 Å². The number of aryl methyl sites for hydroxylation is 4. The Morgan fingerprint density at radius 1 is 0.308 bits per heavy atom. The molecule has 0 atom stereocenters. The molecule has 0 spiro atoms. The lowest BCUT2D eigenvalue weighted by Gasteiger charge is -2.47. The summed E-state index contributed by atoms with van der Waals surface area (Å²) in [6.07, 6.45) is 18.2. The first-order valence-corrected chi connectivity index (χ1v) is 35.3. The molecule has 0 radical (unpaired) electrons. The zero-order valence-electron chi connectivity index (χ0n) is 57.3. The molecule has 91 heavy (non-hydrogen) atoms. The fourth-order valence-corrected chi connectivity index (χ4v) is 15.5. The fourth-order valence-electron chi connectivity index (χ4n) is 15.5. The number of nitrogens with zero attached hydrogens (tertiary/aromatic N) is 4. The molecule has 2 aromatic heterocycles. The van der Waals surface area contributed by atoms with E-state index in [9.17, 15) is 0 Å². The SMILES string of the molecule is CCCCCc1cc(C(C)(C)C)cc(CCCCC)c1N1c2cc(-n3c4ccccc4c4ccccc43)ccc2B2c3ccc(-n4c5ccccc5c5ccccc54)cc3N(c3c(CCCCC)cc(C(C)(C)C)cc3CCCCC)c3cc(C(C)(C)C)cc1c32. The molecule has 4 nitrogen and oxygen atoms in total. The fraction of sp³-hybridized carbons (Fsp3) is 0.372. The van der Waals surface area contributed by atoms with E-state index in [1.807, 2.05) is 0 Å². The summed E-state index contributed by atoms with van der Waals surface area (Å²) in [6, 6.07) is 67.5. The Labute approximate surface area is 545 Å². The number of anilines is 6. The maximum absolute atomic E-state index is 2.87. The van der Waals surface area contributed by atoms with Crippen molar-refractivity contribution < 1.29 is 0 Å². The van der Waals surface area contributed by atoms with Crippen LogP contribution in [0.2, 0.25) is 0 Å². The smallest absolute Gasteiger partial charge is 0.252 e. The quantitative estimate of drug-likeness (QED) is 0.0559. The molecule has 0 aliphatic carbocycles. The summed E-state index contributed by atoms with van der Waals surface area (Å²) in [5, 5.41) is 5.13. The normalized spacial score (nSPS) is 13.3. The minimum Gasteiger partial charge on any atom is -0.311 e. The molecule has 0 amide bonds. The van der Waals surface area contributed by atoms with Gasteiger partial charge in [0.25, 0.3) is 6.71 Å². The van der Waals surface area contributed by atoms with Crippen molar-refractivity contribution in [3.63, 3.8) is 0 Å². The molecule has 0 unspecified atom stereocenters. The van der Waals surface area contributed by atoms with E-state index in [0.29, 0.717) is 0 Å². The van der Waals surface area contributed by atoms with E-state index in [-0.39, 0.29) is 23.0 Å². The molecule has 9 aromatic carbocycles. The highest BCUT2D eigenvalue weighted by atomic mass is 15.2. The van der Waals surface area contributed by atoms with E-state index in [0.717, 1.165) is 51.4 Å². The summed E-state index contributed by atoms with van der Waals surface area (Å²) >= 11 is 0. The zero-order valence-corrected chi connectivity index (χ0v) is 57.3. The van der Waals surface area contributed by atoms with Gasteiger partial charge in [0.2, 0.25) is 0 Å². The first-order valence-electron chi connectivity index (χ1n) is 35.3. The summed E-state index contributed by atoms with van der Waals surface area (Å²) in [7, 11) is 0. The van der Waals surface area contributed by atoms with E-state index in [1.165, 1.54) is 196 Å². The van der Waals surface area contributed by atoms with Crippen molar-refractivity contribution in [3.05, 3.63) is 209 Å². The molecular weight excluding hydrogens is 1100 g/mol. The van der Waals surface area contributed by atoms with Crippen LogP contribution in [0, 0.1) is 0 Å². The molecule has 0 saturated carbocycles. The molecule has 0 N–H and O–H groups in total. The second-order valence-electron chi connectivity index (χ2n) is 30.1. The highest BCUT2D eigenvalue weighted by Crippen LogP contribution is 2.52. The van der Waals surface area contributed by atoms with E-state index in [4.69, 9.17) is 0 Å². The van der Waals surface area contributed by atoms with Crippen LogP contribution in [0.5, 0.6) is 0 Å². The number of fused-ring (bicyclic) bond motifs is 10. The van der Waals surface area contributed by atoms with Crippen molar-refractivity contribution in [2.45, 2.75) is 209 Å². The summed E-state index contributed by atoms with van der Waals surface area (Å²) in [5.41, 5.74) is 29.4. The lowest BCUT2D eigenvalue weighted by Crippen LogP contribution is -2.61. The summed E-state index contributed by atoms with van der Waals surface area (Å²) in [6.45, 7) is 31.3. The second kappa shape index (κ2) is 25.0. The zero-order chi connectivity index (χ0) is 63.5. The Kier molecular flexibility index (Phi) is 17.1. The number of benzene rings is 9. The van der Waals surface area contributed by atoms with Crippen molar-refractivity contribution in [1.82, 2.24) is 9.13 Å². The maximum Gasteiger partial charge on any atom is 0.252 e. The van der Waals surface area contributed by atoms with Crippen LogP contribution in [0.25, 0.3) is 55.0 Å². The molecule has 4 heterocycles. The molecule has 0 bridgehead atoms. The third-order valence-electron chi connectivity index (χ3n) is 20.5. The van der Waals surface area contributed by atoms with E-state index >= 15 is 0 Å². The Morgan fingerprint density at radius 3 is 0.879 bits per heavy atom. The van der Waals surface area contributed by atoms with E-state index in [1.54, 1.807) is 0 Å². The topological polar surface area (TPSA) is 16.3 Å². The van der Waals surface area contributed by atoms with Crippen LogP contribution in [0.4, 0.5) is 34.1 Å². The predicted molar refractivity (Wildman–Crippen MR) is 398 cm³/mol. The Morgan fingerprint density at radius 2 is 0.593 bits per heavy atom. The lowest BCUT2D eigenvalue weighted by atomic mass is 9.33. The van der Waals surface area contributed by atoms with Gasteiger partial charge in [0.1, 0.15) is 0 Å². The summed E-state index contributed by atoms with van der Waals surface area (Å²) in [4.78, 5) is 5.74. The number of rotatable bonds is 20. The molecule has 466 valence electrons. The van der Waals surface area contributed by atoms with Gasteiger partial charge >= 0.3 is 0 Å². The Balaban J connectivity index is 1.20. The van der Waals surface area contributed by atoms with Crippen molar-refractivity contribution in [2.24, 2.45) is 0 Å². The van der Waals surface area contributed by atoms with Crippen molar-refractivity contribution >= 4 is 101 Å². The largest absolute Gasteiger partial charge is 0.311 e. The molecule has 13 rings (SSSR count). The predicted octanol–water partition coefficient (Wildman–Crippen LogP) is 22.8. The summed E-state index contributed by atoms with van der Waals surface area (Å²) < 4.78 is 5.11. The lowest BCUT2D eigenvalue weighted by molar-refractivity contribution is 0.586. The molecule has 0 saturated heterocycles. The van der Waals surface area contributed by atoms with Crippen LogP contribution in [-0.4, -0.2) is 15.8 Å². The highest BCUT2D eigenvalue weighted by molar-refractivity contribution is 7.00. The van der Waals surface area contributed by atoms with Gasteiger partial charge < -0.3 is 18.9 Å². The Bertz CT molecular complexity index is 4060. The van der Waals surface area contributed by atoms with Crippen LogP contribution >= 0.6 is 0 Å². The van der Waals surface area contributed by atoms with Gasteiger partial charge in [-0.3, -0.25) is 0 Å². The van der Waals surface area contributed by atoms with Crippen LogP contribution in [0.3, 0.4) is 0 Å². The average Bonchev–Trinajstić information content (AvgIpc) is 1.24. The first-order chi connectivity index (χ1) is 43.9. The second-order valence-corrected chi connectivity index (χ2v) is 30.1. The highest BCUT2D eigenvalue weighted by Gasteiger charge is 2.46. The Hall–Kier alpha value is -7.76.